The number of nitrogens with one attached hydrogen (secondary N) is 2. The average molecular weight is 273 g/mol. The highest BCUT2D eigenvalue weighted by atomic mass is 16.2. The zero-order valence-electron chi connectivity index (χ0n) is 11.3. The molecule has 1 aromatic heterocycles. The minimum absolute atomic E-state index is 0.0741. The molecule has 0 aromatic carbocycles. The van der Waals surface area contributed by atoms with E-state index < -0.39 is 0 Å². The van der Waals surface area contributed by atoms with Gasteiger partial charge in [0.1, 0.15) is 0 Å². The van der Waals surface area contributed by atoms with Gasteiger partial charge >= 0.3 is 0 Å². The SMILES string of the molecule is O=C(NCCNC(=O)[C@H]1CC=CCC1)c1cccnc1. The molecule has 0 saturated carbocycles. The lowest BCUT2D eigenvalue weighted by atomic mass is 9.94. The predicted octanol–water partition coefficient (Wildman–Crippen LogP) is 1.28. The van der Waals surface area contributed by atoms with E-state index in [1.165, 1.54) is 6.20 Å². The first-order valence-corrected chi connectivity index (χ1v) is 6.88. The molecule has 2 rings (SSSR count). The van der Waals surface area contributed by atoms with Gasteiger partial charge in [0.05, 0.1) is 5.56 Å². The standard InChI is InChI=1S/C15H19N3O2/c19-14(12-5-2-1-3-6-12)17-9-10-18-15(20)13-7-4-8-16-11-13/h1-2,4,7-8,11-12H,3,5-6,9-10H2,(H,17,19)(H,18,20)/t12-/m0/s1. The molecular weight excluding hydrogens is 254 g/mol. The topological polar surface area (TPSA) is 71.1 Å². The molecule has 2 amide bonds. The van der Waals surface area contributed by atoms with E-state index in [-0.39, 0.29) is 17.7 Å². The third kappa shape index (κ3) is 4.19. The number of aromatic nitrogens is 1. The maximum absolute atomic E-state index is 11.8. The molecule has 1 heterocycles. The van der Waals surface area contributed by atoms with E-state index in [4.69, 9.17) is 0 Å². The van der Waals surface area contributed by atoms with Crippen LogP contribution in [0.25, 0.3) is 0 Å². The smallest absolute Gasteiger partial charge is 0.252 e. The minimum atomic E-state index is -0.173. The van der Waals surface area contributed by atoms with Crippen LogP contribution in [0.2, 0.25) is 0 Å². The lowest BCUT2D eigenvalue weighted by Crippen LogP contribution is -2.37. The van der Waals surface area contributed by atoms with Crippen LogP contribution in [0.3, 0.4) is 0 Å². The third-order valence-corrected chi connectivity index (χ3v) is 3.27. The van der Waals surface area contributed by atoms with Gasteiger partial charge in [-0.2, -0.15) is 0 Å². The fourth-order valence-corrected chi connectivity index (χ4v) is 2.14. The zero-order chi connectivity index (χ0) is 14.2. The number of hydrogen-bond donors (Lipinski definition) is 2. The lowest BCUT2D eigenvalue weighted by Gasteiger charge is -2.17. The van der Waals surface area contributed by atoms with E-state index in [0.717, 1.165) is 19.3 Å². The Morgan fingerprint density at radius 1 is 1.25 bits per heavy atom. The van der Waals surface area contributed by atoms with E-state index in [1.54, 1.807) is 18.3 Å². The van der Waals surface area contributed by atoms with Gasteiger partial charge in [0, 0.05) is 31.4 Å². The Morgan fingerprint density at radius 3 is 2.80 bits per heavy atom. The number of nitrogens with zero attached hydrogens (tertiary/aromatic N) is 1. The van der Waals surface area contributed by atoms with Crippen molar-refractivity contribution in [3.8, 4) is 0 Å². The van der Waals surface area contributed by atoms with E-state index >= 15 is 0 Å². The quantitative estimate of drug-likeness (QED) is 0.627. The largest absolute Gasteiger partial charge is 0.354 e. The summed E-state index contributed by atoms with van der Waals surface area (Å²) < 4.78 is 0. The molecule has 0 saturated heterocycles. The molecule has 0 aliphatic heterocycles. The molecule has 0 radical (unpaired) electrons. The second-order valence-electron chi connectivity index (χ2n) is 4.77. The van der Waals surface area contributed by atoms with Gasteiger partial charge in [-0.15, -0.1) is 0 Å². The average Bonchev–Trinajstić information content (AvgIpc) is 2.53. The summed E-state index contributed by atoms with van der Waals surface area (Å²) in [5.41, 5.74) is 0.524. The monoisotopic (exact) mass is 273 g/mol. The van der Waals surface area contributed by atoms with Crippen molar-refractivity contribution in [3.63, 3.8) is 0 Å². The first-order valence-electron chi connectivity index (χ1n) is 6.88. The fraction of sp³-hybridized carbons (Fsp3) is 0.400. The Hall–Kier alpha value is -2.17. The lowest BCUT2D eigenvalue weighted by molar-refractivity contribution is -0.125. The number of carbonyl (C=O) groups excluding carboxylic acids is 2. The summed E-state index contributed by atoms with van der Waals surface area (Å²) in [6, 6.07) is 3.42. The summed E-state index contributed by atoms with van der Waals surface area (Å²) in [5, 5.41) is 5.61. The van der Waals surface area contributed by atoms with Crippen molar-refractivity contribution < 1.29 is 9.59 Å². The molecule has 106 valence electrons. The number of allylic oxidation sites excluding steroid dienone is 2. The molecular formula is C15H19N3O2. The molecule has 0 bridgehead atoms. The third-order valence-electron chi connectivity index (χ3n) is 3.27. The molecule has 1 aliphatic rings. The predicted molar refractivity (Wildman–Crippen MR) is 76.1 cm³/mol. The van der Waals surface area contributed by atoms with Crippen molar-refractivity contribution >= 4 is 11.8 Å². The molecule has 1 aliphatic carbocycles. The van der Waals surface area contributed by atoms with Gasteiger partial charge in [0.25, 0.3) is 5.91 Å². The van der Waals surface area contributed by atoms with Crippen LogP contribution in [0.15, 0.2) is 36.7 Å². The van der Waals surface area contributed by atoms with Crippen LogP contribution < -0.4 is 10.6 Å². The van der Waals surface area contributed by atoms with Gasteiger partial charge in [-0.3, -0.25) is 14.6 Å². The number of hydrogen-bond acceptors (Lipinski definition) is 3. The van der Waals surface area contributed by atoms with Gasteiger partial charge in [-0.25, -0.2) is 0 Å². The van der Waals surface area contributed by atoms with Crippen molar-refractivity contribution in [2.45, 2.75) is 19.3 Å². The molecule has 20 heavy (non-hydrogen) atoms. The second-order valence-corrected chi connectivity index (χ2v) is 4.77. The molecule has 0 unspecified atom stereocenters. The Bertz CT molecular complexity index is 485. The Labute approximate surface area is 118 Å². The number of amides is 2. The Balaban J connectivity index is 1.65. The summed E-state index contributed by atoms with van der Waals surface area (Å²) in [6.45, 7) is 0.868. The van der Waals surface area contributed by atoms with Crippen molar-refractivity contribution in [1.82, 2.24) is 15.6 Å². The van der Waals surface area contributed by atoms with Crippen LogP contribution in [0.4, 0.5) is 0 Å². The van der Waals surface area contributed by atoms with Crippen molar-refractivity contribution in [2.75, 3.05) is 13.1 Å². The van der Waals surface area contributed by atoms with Crippen LogP contribution in [0.5, 0.6) is 0 Å². The van der Waals surface area contributed by atoms with E-state index in [0.29, 0.717) is 18.7 Å². The number of pyridine rings is 1. The maximum atomic E-state index is 11.8. The van der Waals surface area contributed by atoms with Gasteiger partial charge < -0.3 is 10.6 Å². The Kier molecular flexibility index (Phi) is 5.29. The Morgan fingerprint density at radius 2 is 2.10 bits per heavy atom. The van der Waals surface area contributed by atoms with Crippen molar-refractivity contribution in [1.29, 1.82) is 0 Å². The van der Waals surface area contributed by atoms with E-state index in [2.05, 4.69) is 27.8 Å². The highest BCUT2D eigenvalue weighted by Gasteiger charge is 2.17. The van der Waals surface area contributed by atoms with Gasteiger partial charge in [0.15, 0.2) is 0 Å². The number of carbonyl (C=O) groups is 2. The fourth-order valence-electron chi connectivity index (χ4n) is 2.14. The van der Waals surface area contributed by atoms with E-state index in [9.17, 15) is 9.59 Å². The van der Waals surface area contributed by atoms with E-state index in [1.807, 2.05) is 0 Å². The number of rotatable bonds is 5. The first kappa shape index (κ1) is 14.2. The molecule has 0 spiro atoms. The molecule has 0 fully saturated rings. The maximum Gasteiger partial charge on any atom is 0.252 e. The summed E-state index contributed by atoms with van der Waals surface area (Å²) in [7, 11) is 0. The highest BCUT2D eigenvalue weighted by Crippen LogP contribution is 2.17. The highest BCUT2D eigenvalue weighted by molar-refractivity contribution is 5.93. The first-order chi connectivity index (χ1) is 9.77. The normalized spacial score (nSPS) is 17.5. The zero-order valence-corrected chi connectivity index (χ0v) is 11.3. The minimum Gasteiger partial charge on any atom is -0.354 e. The summed E-state index contributed by atoms with van der Waals surface area (Å²) in [4.78, 5) is 27.4. The molecule has 5 heteroatoms. The van der Waals surface area contributed by atoms with Crippen LogP contribution in [0, 0.1) is 5.92 Å². The van der Waals surface area contributed by atoms with Gasteiger partial charge in [-0.1, -0.05) is 12.2 Å². The van der Waals surface area contributed by atoms with Crippen LogP contribution in [-0.2, 0) is 4.79 Å². The van der Waals surface area contributed by atoms with Crippen LogP contribution in [0.1, 0.15) is 29.6 Å². The van der Waals surface area contributed by atoms with Crippen molar-refractivity contribution in [3.05, 3.63) is 42.2 Å². The summed E-state index contributed by atoms with van der Waals surface area (Å²) in [6.07, 6.45) is 9.99. The van der Waals surface area contributed by atoms with Crippen LogP contribution in [-0.4, -0.2) is 29.9 Å². The summed E-state index contributed by atoms with van der Waals surface area (Å²) >= 11 is 0. The van der Waals surface area contributed by atoms with Gasteiger partial charge in [-0.05, 0) is 31.4 Å². The summed E-state index contributed by atoms with van der Waals surface area (Å²) in [5.74, 6) is -0.0213. The van der Waals surface area contributed by atoms with Gasteiger partial charge in [0.2, 0.25) is 5.91 Å². The molecule has 1 atom stereocenters. The molecule has 5 nitrogen and oxygen atoms in total. The second kappa shape index (κ2) is 7.43. The van der Waals surface area contributed by atoms with Crippen LogP contribution >= 0.6 is 0 Å². The molecule has 1 aromatic rings. The van der Waals surface area contributed by atoms with Crippen molar-refractivity contribution in [2.24, 2.45) is 5.92 Å². The molecule has 2 N–H and O–H groups in total.